The summed E-state index contributed by atoms with van der Waals surface area (Å²) in [5, 5.41) is 0.710. The first-order chi connectivity index (χ1) is 9.02. The summed E-state index contributed by atoms with van der Waals surface area (Å²) >= 11 is 6.05. The summed E-state index contributed by atoms with van der Waals surface area (Å²) in [6, 6.07) is 11.6. The van der Waals surface area contributed by atoms with Crippen molar-refractivity contribution in [1.29, 1.82) is 0 Å². The Morgan fingerprint density at radius 2 is 1.79 bits per heavy atom. The van der Waals surface area contributed by atoms with Gasteiger partial charge in [-0.2, -0.15) is 0 Å². The molecular formula is C16H18ClNO. The summed E-state index contributed by atoms with van der Waals surface area (Å²) in [6.07, 6.45) is 0. The molecule has 0 aliphatic heterocycles. The van der Waals surface area contributed by atoms with Crippen LogP contribution in [0.1, 0.15) is 28.3 Å². The number of hydrogen-bond acceptors (Lipinski definition) is 2. The van der Waals surface area contributed by atoms with Crippen molar-refractivity contribution in [3.05, 3.63) is 63.7 Å². The fourth-order valence-electron chi connectivity index (χ4n) is 2.22. The van der Waals surface area contributed by atoms with Crippen LogP contribution in [0.3, 0.4) is 0 Å². The number of aryl methyl sites for hydroxylation is 2. The van der Waals surface area contributed by atoms with E-state index in [0.29, 0.717) is 5.02 Å². The first kappa shape index (κ1) is 13.9. The SMILES string of the molecule is COc1ccc(C(N)c2cc(Cl)ccc2C)cc1C. The average molecular weight is 276 g/mol. The van der Waals surface area contributed by atoms with Crippen LogP contribution in [-0.4, -0.2) is 7.11 Å². The van der Waals surface area contributed by atoms with Gasteiger partial charge in [-0.05, 0) is 54.3 Å². The Morgan fingerprint density at radius 1 is 1.05 bits per heavy atom. The lowest BCUT2D eigenvalue weighted by molar-refractivity contribution is 0.411. The third-order valence-corrected chi connectivity index (χ3v) is 3.59. The molecule has 3 heteroatoms. The molecule has 0 aliphatic carbocycles. The van der Waals surface area contributed by atoms with Crippen molar-refractivity contribution in [3.63, 3.8) is 0 Å². The molecule has 0 fully saturated rings. The summed E-state index contributed by atoms with van der Waals surface area (Å²) in [5.74, 6) is 0.874. The number of hydrogen-bond donors (Lipinski definition) is 1. The molecule has 2 rings (SSSR count). The van der Waals surface area contributed by atoms with Crippen molar-refractivity contribution >= 4 is 11.6 Å². The molecule has 0 saturated heterocycles. The van der Waals surface area contributed by atoms with Crippen molar-refractivity contribution < 1.29 is 4.74 Å². The van der Waals surface area contributed by atoms with Crippen LogP contribution < -0.4 is 10.5 Å². The molecule has 0 aromatic heterocycles. The normalized spacial score (nSPS) is 12.3. The molecule has 0 bridgehead atoms. The molecule has 0 heterocycles. The minimum absolute atomic E-state index is 0.177. The zero-order valence-electron chi connectivity index (χ0n) is 11.4. The Labute approximate surface area is 119 Å². The lowest BCUT2D eigenvalue weighted by Crippen LogP contribution is -2.13. The molecule has 2 aromatic rings. The van der Waals surface area contributed by atoms with E-state index in [1.54, 1.807) is 7.11 Å². The summed E-state index contributed by atoms with van der Waals surface area (Å²) < 4.78 is 5.27. The highest BCUT2D eigenvalue weighted by Crippen LogP contribution is 2.28. The number of benzene rings is 2. The first-order valence-corrected chi connectivity index (χ1v) is 6.57. The fraction of sp³-hybridized carbons (Fsp3) is 0.250. The fourth-order valence-corrected chi connectivity index (χ4v) is 2.40. The van der Waals surface area contributed by atoms with E-state index in [4.69, 9.17) is 22.1 Å². The standard InChI is InChI=1S/C16H18ClNO/c1-10-4-6-13(17)9-14(10)16(18)12-5-7-15(19-3)11(2)8-12/h4-9,16H,18H2,1-3H3. The Hall–Kier alpha value is -1.51. The molecule has 0 saturated carbocycles. The maximum Gasteiger partial charge on any atom is 0.121 e. The first-order valence-electron chi connectivity index (χ1n) is 6.19. The van der Waals surface area contributed by atoms with Gasteiger partial charge >= 0.3 is 0 Å². The third-order valence-electron chi connectivity index (χ3n) is 3.35. The smallest absolute Gasteiger partial charge is 0.121 e. The summed E-state index contributed by atoms with van der Waals surface area (Å²) in [4.78, 5) is 0. The largest absolute Gasteiger partial charge is 0.496 e. The Morgan fingerprint density at radius 3 is 2.42 bits per heavy atom. The van der Waals surface area contributed by atoms with Gasteiger partial charge in [0.2, 0.25) is 0 Å². The van der Waals surface area contributed by atoms with Crippen LogP contribution in [-0.2, 0) is 0 Å². The van der Waals surface area contributed by atoms with Crippen LogP contribution in [0.4, 0.5) is 0 Å². The quantitative estimate of drug-likeness (QED) is 0.918. The van der Waals surface area contributed by atoms with Gasteiger partial charge in [-0.15, -0.1) is 0 Å². The van der Waals surface area contributed by atoms with Crippen molar-refractivity contribution in [2.45, 2.75) is 19.9 Å². The summed E-state index contributed by atoms with van der Waals surface area (Å²) in [6.45, 7) is 4.06. The number of halogens is 1. The van der Waals surface area contributed by atoms with Gasteiger partial charge in [-0.25, -0.2) is 0 Å². The van der Waals surface area contributed by atoms with Crippen LogP contribution in [0.2, 0.25) is 5.02 Å². The molecule has 2 nitrogen and oxygen atoms in total. The van der Waals surface area contributed by atoms with Gasteiger partial charge in [0, 0.05) is 5.02 Å². The molecule has 0 aliphatic rings. The molecule has 0 amide bonds. The number of nitrogens with two attached hydrogens (primary N) is 1. The van der Waals surface area contributed by atoms with E-state index < -0.39 is 0 Å². The van der Waals surface area contributed by atoms with Gasteiger partial charge in [0.15, 0.2) is 0 Å². The topological polar surface area (TPSA) is 35.2 Å². The van der Waals surface area contributed by atoms with Crippen molar-refractivity contribution in [3.8, 4) is 5.75 Å². The Balaban J connectivity index is 2.41. The van der Waals surface area contributed by atoms with Gasteiger partial charge < -0.3 is 10.5 Å². The van der Waals surface area contributed by atoms with E-state index in [-0.39, 0.29) is 6.04 Å². The third kappa shape index (κ3) is 2.91. The average Bonchev–Trinajstić information content (AvgIpc) is 2.40. The zero-order valence-corrected chi connectivity index (χ0v) is 12.2. The van der Waals surface area contributed by atoms with Crippen molar-refractivity contribution in [2.24, 2.45) is 5.73 Å². The molecule has 2 aromatic carbocycles. The second-order valence-electron chi connectivity index (χ2n) is 4.71. The monoisotopic (exact) mass is 275 g/mol. The molecular weight excluding hydrogens is 258 g/mol. The number of methoxy groups -OCH3 is 1. The minimum Gasteiger partial charge on any atom is -0.496 e. The Bertz CT molecular complexity index is 595. The molecule has 0 spiro atoms. The van der Waals surface area contributed by atoms with E-state index in [1.807, 2.05) is 44.2 Å². The van der Waals surface area contributed by atoms with Crippen LogP contribution in [0.25, 0.3) is 0 Å². The molecule has 1 unspecified atom stereocenters. The predicted molar refractivity (Wildman–Crippen MR) is 80.0 cm³/mol. The lowest BCUT2D eigenvalue weighted by atomic mass is 9.94. The number of rotatable bonds is 3. The van der Waals surface area contributed by atoms with Gasteiger partial charge in [-0.1, -0.05) is 29.8 Å². The molecule has 1 atom stereocenters. The second kappa shape index (κ2) is 5.64. The van der Waals surface area contributed by atoms with Gasteiger partial charge in [0.05, 0.1) is 13.2 Å². The zero-order chi connectivity index (χ0) is 14.0. The van der Waals surface area contributed by atoms with Gasteiger partial charge in [-0.3, -0.25) is 0 Å². The van der Waals surface area contributed by atoms with Crippen LogP contribution >= 0.6 is 11.6 Å². The van der Waals surface area contributed by atoms with E-state index in [0.717, 1.165) is 28.0 Å². The van der Waals surface area contributed by atoms with Crippen LogP contribution in [0.5, 0.6) is 5.75 Å². The lowest BCUT2D eigenvalue weighted by Gasteiger charge is -2.17. The van der Waals surface area contributed by atoms with Gasteiger partial charge in [0.1, 0.15) is 5.75 Å². The minimum atomic E-state index is -0.177. The van der Waals surface area contributed by atoms with Crippen molar-refractivity contribution in [1.82, 2.24) is 0 Å². The molecule has 100 valence electrons. The second-order valence-corrected chi connectivity index (χ2v) is 5.14. The van der Waals surface area contributed by atoms with E-state index in [2.05, 4.69) is 6.07 Å². The predicted octanol–water partition coefficient (Wildman–Crippen LogP) is 4.01. The highest BCUT2D eigenvalue weighted by molar-refractivity contribution is 6.30. The highest BCUT2D eigenvalue weighted by Gasteiger charge is 2.13. The highest BCUT2D eigenvalue weighted by atomic mass is 35.5. The molecule has 0 radical (unpaired) electrons. The van der Waals surface area contributed by atoms with E-state index >= 15 is 0 Å². The maximum atomic E-state index is 6.35. The Kier molecular flexibility index (Phi) is 4.13. The summed E-state index contributed by atoms with van der Waals surface area (Å²) in [7, 11) is 1.67. The number of ether oxygens (including phenoxy) is 1. The van der Waals surface area contributed by atoms with E-state index in [1.165, 1.54) is 0 Å². The van der Waals surface area contributed by atoms with Gasteiger partial charge in [0.25, 0.3) is 0 Å². The van der Waals surface area contributed by atoms with Crippen LogP contribution in [0.15, 0.2) is 36.4 Å². The van der Waals surface area contributed by atoms with Crippen LogP contribution in [0, 0.1) is 13.8 Å². The molecule has 19 heavy (non-hydrogen) atoms. The summed E-state index contributed by atoms with van der Waals surface area (Å²) in [5.41, 5.74) is 10.7. The maximum absolute atomic E-state index is 6.35. The molecule has 2 N–H and O–H groups in total. The van der Waals surface area contributed by atoms with Crippen molar-refractivity contribution in [2.75, 3.05) is 7.11 Å². The van der Waals surface area contributed by atoms with E-state index in [9.17, 15) is 0 Å².